The largest absolute Gasteiger partial charge is 0.323 e. The lowest BCUT2D eigenvalue weighted by Crippen LogP contribution is -2.16. The molecule has 0 saturated heterocycles. The van der Waals surface area contributed by atoms with Crippen LogP contribution in [0.25, 0.3) is 11.0 Å². The SMILES string of the molecule is CC(Cl)c1nc2cnccc2n1C(C1CC1)C1CC1. The highest BCUT2D eigenvalue weighted by atomic mass is 35.5. The van der Waals surface area contributed by atoms with Crippen molar-refractivity contribution in [2.24, 2.45) is 11.8 Å². The number of hydrogen-bond acceptors (Lipinski definition) is 2. The van der Waals surface area contributed by atoms with Crippen LogP contribution in [-0.4, -0.2) is 14.5 Å². The number of hydrogen-bond donors (Lipinski definition) is 0. The van der Waals surface area contributed by atoms with Crippen LogP contribution in [0.3, 0.4) is 0 Å². The third-order valence-electron chi connectivity index (χ3n) is 4.38. The molecule has 100 valence electrons. The molecule has 1 unspecified atom stereocenters. The topological polar surface area (TPSA) is 30.7 Å². The van der Waals surface area contributed by atoms with Crippen LogP contribution in [-0.2, 0) is 0 Å². The molecule has 19 heavy (non-hydrogen) atoms. The fraction of sp³-hybridized carbons (Fsp3) is 0.600. The van der Waals surface area contributed by atoms with Crippen LogP contribution < -0.4 is 0 Å². The Labute approximate surface area is 118 Å². The summed E-state index contributed by atoms with van der Waals surface area (Å²) in [5, 5.41) is -0.0487. The molecule has 2 aliphatic carbocycles. The molecule has 0 bridgehead atoms. The second-order valence-electron chi connectivity index (χ2n) is 5.99. The van der Waals surface area contributed by atoms with Gasteiger partial charge in [-0.1, -0.05) is 0 Å². The van der Waals surface area contributed by atoms with Crippen LogP contribution in [0.15, 0.2) is 18.5 Å². The van der Waals surface area contributed by atoms with Crippen LogP contribution in [0.4, 0.5) is 0 Å². The summed E-state index contributed by atoms with van der Waals surface area (Å²) in [6, 6.07) is 2.70. The Hall–Kier alpha value is -1.09. The fourth-order valence-electron chi connectivity index (χ4n) is 3.25. The van der Waals surface area contributed by atoms with Crippen LogP contribution >= 0.6 is 11.6 Å². The maximum absolute atomic E-state index is 6.37. The first-order valence-corrected chi connectivity index (χ1v) is 7.65. The summed E-state index contributed by atoms with van der Waals surface area (Å²) in [6.45, 7) is 2.02. The number of rotatable bonds is 4. The first kappa shape index (κ1) is 11.7. The lowest BCUT2D eigenvalue weighted by atomic mass is 10.1. The second kappa shape index (κ2) is 4.20. The summed E-state index contributed by atoms with van der Waals surface area (Å²) in [5.74, 6) is 2.70. The van der Waals surface area contributed by atoms with Gasteiger partial charge in [0.15, 0.2) is 0 Å². The van der Waals surface area contributed by atoms with E-state index in [-0.39, 0.29) is 5.38 Å². The van der Waals surface area contributed by atoms with E-state index >= 15 is 0 Å². The highest BCUT2D eigenvalue weighted by Crippen LogP contribution is 2.53. The van der Waals surface area contributed by atoms with E-state index in [4.69, 9.17) is 16.6 Å². The average molecular weight is 276 g/mol. The van der Waals surface area contributed by atoms with Gasteiger partial charge >= 0.3 is 0 Å². The predicted octanol–water partition coefficient (Wildman–Crippen LogP) is 4.09. The van der Waals surface area contributed by atoms with Crippen molar-refractivity contribution in [3.05, 3.63) is 24.3 Å². The molecule has 1 atom stereocenters. The first-order valence-electron chi connectivity index (χ1n) is 7.21. The lowest BCUT2D eigenvalue weighted by Gasteiger charge is -2.22. The van der Waals surface area contributed by atoms with E-state index in [1.807, 2.05) is 19.3 Å². The van der Waals surface area contributed by atoms with E-state index in [0.29, 0.717) is 6.04 Å². The average Bonchev–Trinajstić information content (AvgIpc) is 3.28. The number of fused-ring (bicyclic) bond motifs is 1. The van der Waals surface area contributed by atoms with E-state index < -0.39 is 0 Å². The minimum Gasteiger partial charge on any atom is -0.323 e. The van der Waals surface area contributed by atoms with Crippen molar-refractivity contribution >= 4 is 22.6 Å². The molecule has 0 spiro atoms. The fourth-order valence-corrected chi connectivity index (χ4v) is 3.40. The van der Waals surface area contributed by atoms with Gasteiger partial charge in [-0.3, -0.25) is 4.98 Å². The van der Waals surface area contributed by atoms with Gasteiger partial charge < -0.3 is 4.57 Å². The van der Waals surface area contributed by atoms with Crippen molar-refractivity contribution in [1.29, 1.82) is 0 Å². The molecule has 2 heterocycles. The van der Waals surface area contributed by atoms with Gasteiger partial charge in [0, 0.05) is 12.2 Å². The predicted molar refractivity (Wildman–Crippen MR) is 76.3 cm³/mol. The van der Waals surface area contributed by atoms with Crippen molar-refractivity contribution in [3.63, 3.8) is 0 Å². The summed E-state index contributed by atoms with van der Waals surface area (Å²) >= 11 is 6.37. The second-order valence-corrected chi connectivity index (χ2v) is 6.64. The zero-order chi connectivity index (χ0) is 13.0. The van der Waals surface area contributed by atoms with Crippen LogP contribution in [0, 0.1) is 11.8 Å². The molecule has 2 aromatic rings. The van der Waals surface area contributed by atoms with Crippen molar-refractivity contribution in [2.75, 3.05) is 0 Å². The Kier molecular flexibility index (Phi) is 2.59. The Balaban J connectivity index is 1.91. The van der Waals surface area contributed by atoms with E-state index in [1.54, 1.807) is 0 Å². The Morgan fingerprint density at radius 3 is 2.53 bits per heavy atom. The molecule has 2 saturated carbocycles. The molecule has 0 N–H and O–H groups in total. The number of pyridine rings is 1. The molecule has 3 nitrogen and oxygen atoms in total. The molecule has 0 aliphatic heterocycles. The minimum atomic E-state index is -0.0487. The Morgan fingerprint density at radius 1 is 1.26 bits per heavy atom. The van der Waals surface area contributed by atoms with E-state index in [2.05, 4.69) is 15.6 Å². The van der Waals surface area contributed by atoms with Gasteiger partial charge in [0.05, 0.1) is 17.1 Å². The van der Waals surface area contributed by atoms with Gasteiger partial charge in [-0.25, -0.2) is 4.98 Å². The molecule has 4 heteroatoms. The molecule has 0 radical (unpaired) electrons. The van der Waals surface area contributed by atoms with Gasteiger partial charge in [0.2, 0.25) is 0 Å². The van der Waals surface area contributed by atoms with Gasteiger partial charge in [0.1, 0.15) is 11.3 Å². The Morgan fingerprint density at radius 2 is 1.95 bits per heavy atom. The highest BCUT2D eigenvalue weighted by Gasteiger charge is 2.44. The number of aromatic nitrogens is 3. The lowest BCUT2D eigenvalue weighted by molar-refractivity contribution is 0.392. The highest BCUT2D eigenvalue weighted by molar-refractivity contribution is 6.20. The Bertz CT molecular complexity index is 599. The van der Waals surface area contributed by atoms with Crippen molar-refractivity contribution in [1.82, 2.24) is 14.5 Å². The maximum Gasteiger partial charge on any atom is 0.128 e. The van der Waals surface area contributed by atoms with Gasteiger partial charge in [0.25, 0.3) is 0 Å². The maximum atomic E-state index is 6.37. The minimum absolute atomic E-state index is 0.0487. The molecule has 0 aromatic carbocycles. The number of nitrogens with zero attached hydrogens (tertiary/aromatic N) is 3. The number of alkyl halides is 1. The van der Waals surface area contributed by atoms with Crippen molar-refractivity contribution < 1.29 is 0 Å². The summed E-state index contributed by atoms with van der Waals surface area (Å²) in [4.78, 5) is 8.91. The smallest absolute Gasteiger partial charge is 0.128 e. The van der Waals surface area contributed by atoms with Crippen molar-refractivity contribution in [3.8, 4) is 0 Å². The van der Waals surface area contributed by atoms with Gasteiger partial charge in [-0.15, -0.1) is 11.6 Å². The van der Waals surface area contributed by atoms with E-state index in [9.17, 15) is 0 Å². The van der Waals surface area contributed by atoms with Crippen LogP contribution in [0.2, 0.25) is 0 Å². The number of imidazole rings is 1. The van der Waals surface area contributed by atoms with Gasteiger partial charge in [-0.05, 0) is 50.5 Å². The standard InChI is InChI=1S/C15H18ClN3/c1-9(16)15-18-12-8-17-7-6-13(12)19(15)14(10-2-3-10)11-4-5-11/h6-11,14H,2-5H2,1H3. The quantitative estimate of drug-likeness (QED) is 0.787. The normalized spacial score (nSPS) is 21.2. The molecular formula is C15H18ClN3. The third-order valence-corrected chi connectivity index (χ3v) is 4.58. The molecule has 2 aliphatic rings. The zero-order valence-electron chi connectivity index (χ0n) is 11.1. The summed E-state index contributed by atoms with van der Waals surface area (Å²) < 4.78 is 2.43. The van der Waals surface area contributed by atoms with E-state index in [1.165, 1.54) is 31.2 Å². The summed E-state index contributed by atoms with van der Waals surface area (Å²) in [5.41, 5.74) is 2.19. The van der Waals surface area contributed by atoms with E-state index in [0.717, 1.165) is 23.2 Å². The molecule has 2 aromatic heterocycles. The third kappa shape index (κ3) is 1.95. The van der Waals surface area contributed by atoms with Crippen molar-refractivity contribution in [2.45, 2.75) is 44.0 Å². The molecular weight excluding hydrogens is 258 g/mol. The molecule has 2 fully saturated rings. The molecule has 0 amide bonds. The summed E-state index contributed by atoms with van der Waals surface area (Å²) in [7, 11) is 0. The van der Waals surface area contributed by atoms with Crippen LogP contribution in [0.5, 0.6) is 0 Å². The molecule has 4 rings (SSSR count). The zero-order valence-corrected chi connectivity index (χ0v) is 11.8. The number of halogens is 1. The first-order chi connectivity index (χ1) is 9.25. The van der Waals surface area contributed by atoms with Crippen LogP contribution in [0.1, 0.15) is 49.9 Å². The monoisotopic (exact) mass is 275 g/mol. The van der Waals surface area contributed by atoms with Gasteiger partial charge in [-0.2, -0.15) is 0 Å². The summed E-state index contributed by atoms with van der Waals surface area (Å²) in [6.07, 6.45) is 9.17.